The zero-order valence-electron chi connectivity index (χ0n) is 30.9. The summed E-state index contributed by atoms with van der Waals surface area (Å²) in [5, 5.41) is 5.44. The molecule has 3 N–H and O–H groups in total. The van der Waals surface area contributed by atoms with E-state index in [4.69, 9.17) is 9.47 Å². The first-order chi connectivity index (χ1) is 23.3. The number of rotatable bonds is 13. The number of anilines is 1. The number of carbonyl (C=O) groups is 5. The van der Waals surface area contributed by atoms with Gasteiger partial charge in [-0.05, 0) is 98.6 Å². The van der Waals surface area contributed by atoms with Gasteiger partial charge in [-0.2, -0.15) is 0 Å². The molecule has 0 saturated carbocycles. The Kier molecular flexibility index (Phi) is 13.1. The molecule has 2 aromatic carbocycles. The van der Waals surface area contributed by atoms with Crippen LogP contribution in [-0.4, -0.2) is 86.4 Å². The third-order valence-corrected chi connectivity index (χ3v) is 7.52. The highest BCUT2D eigenvalue weighted by atomic mass is 16.6. The summed E-state index contributed by atoms with van der Waals surface area (Å²) in [5.74, 6) is -0.698. The summed E-state index contributed by atoms with van der Waals surface area (Å²) in [6.07, 6.45) is 0.353. The molecule has 13 heteroatoms. The predicted octanol–water partition coefficient (Wildman–Crippen LogP) is 6.86. The fourth-order valence-electron chi connectivity index (χ4n) is 5.05. The second kappa shape index (κ2) is 16.6. The lowest BCUT2D eigenvalue weighted by Crippen LogP contribution is -2.47. The van der Waals surface area contributed by atoms with Gasteiger partial charge in [0.2, 0.25) is 5.91 Å². The van der Waals surface area contributed by atoms with Gasteiger partial charge in [0.25, 0.3) is 5.91 Å². The fraction of sp³-hybridized carbons (Fsp3) is 0.514. The maximum absolute atomic E-state index is 13.1. The molecule has 3 rings (SSSR count). The van der Waals surface area contributed by atoms with Crippen LogP contribution in [0.2, 0.25) is 0 Å². The van der Waals surface area contributed by atoms with E-state index in [0.29, 0.717) is 47.6 Å². The zero-order valence-corrected chi connectivity index (χ0v) is 30.9. The van der Waals surface area contributed by atoms with Crippen molar-refractivity contribution in [3.05, 3.63) is 59.4 Å². The van der Waals surface area contributed by atoms with Crippen molar-refractivity contribution in [2.24, 2.45) is 0 Å². The largest absolute Gasteiger partial charge is 0.444 e. The number of hydrogen-bond acceptors (Lipinski definition) is 8. The van der Waals surface area contributed by atoms with Crippen molar-refractivity contribution in [1.82, 2.24) is 25.1 Å². The average molecular weight is 693 g/mol. The third kappa shape index (κ3) is 11.0. The molecule has 1 heterocycles. The molecule has 50 heavy (non-hydrogen) atoms. The van der Waals surface area contributed by atoms with E-state index in [2.05, 4.69) is 20.6 Å². The normalized spacial score (nSPS) is 12.8. The minimum atomic E-state index is -0.824. The van der Waals surface area contributed by atoms with Gasteiger partial charge in [0.1, 0.15) is 23.1 Å². The summed E-state index contributed by atoms with van der Waals surface area (Å²) in [5.41, 5.74) is 0.862. The van der Waals surface area contributed by atoms with Gasteiger partial charge in [-0.15, -0.1) is 0 Å². The smallest absolute Gasteiger partial charge is 0.410 e. The van der Waals surface area contributed by atoms with E-state index in [1.54, 1.807) is 69.0 Å². The fourth-order valence-corrected chi connectivity index (χ4v) is 5.05. The molecule has 0 fully saturated rings. The van der Waals surface area contributed by atoms with Gasteiger partial charge in [-0.3, -0.25) is 24.2 Å². The van der Waals surface area contributed by atoms with Crippen molar-refractivity contribution in [2.75, 3.05) is 25.0 Å². The summed E-state index contributed by atoms with van der Waals surface area (Å²) in [7, 11) is 0. The SMILES string of the molecule is CCCN(C(=O)OC(C)(C)C)C(C)C(=O)Nc1cccc(C(=O)CNC(=O)c2ccc3nc(C(C)N(CCC)C(=O)OC(C)(C)C)[nH]c3c2)c1. The minimum Gasteiger partial charge on any atom is -0.444 e. The minimum absolute atomic E-state index is 0.277. The Morgan fingerprint density at radius 3 is 2.02 bits per heavy atom. The third-order valence-electron chi connectivity index (χ3n) is 7.52. The Labute approximate surface area is 294 Å². The van der Waals surface area contributed by atoms with Crippen molar-refractivity contribution in [2.45, 2.75) is 105 Å². The van der Waals surface area contributed by atoms with E-state index in [0.717, 1.165) is 6.42 Å². The predicted molar refractivity (Wildman–Crippen MR) is 192 cm³/mol. The molecular formula is C37H52N6O7. The van der Waals surface area contributed by atoms with Crippen molar-refractivity contribution in [3.8, 4) is 0 Å². The number of H-pyrrole nitrogens is 1. The van der Waals surface area contributed by atoms with Crippen LogP contribution in [0.25, 0.3) is 11.0 Å². The van der Waals surface area contributed by atoms with Crippen molar-refractivity contribution < 1.29 is 33.4 Å². The van der Waals surface area contributed by atoms with Crippen LogP contribution in [0.15, 0.2) is 42.5 Å². The lowest BCUT2D eigenvalue weighted by Gasteiger charge is -2.30. The Bertz CT molecular complexity index is 1690. The van der Waals surface area contributed by atoms with Crippen LogP contribution in [-0.2, 0) is 14.3 Å². The van der Waals surface area contributed by atoms with Gasteiger partial charge in [0.15, 0.2) is 5.78 Å². The van der Waals surface area contributed by atoms with Crippen LogP contribution in [0, 0.1) is 0 Å². The van der Waals surface area contributed by atoms with Crippen LogP contribution in [0.5, 0.6) is 0 Å². The number of nitrogens with one attached hydrogen (secondary N) is 3. The van der Waals surface area contributed by atoms with Gasteiger partial charge in [-0.25, -0.2) is 14.6 Å². The lowest BCUT2D eigenvalue weighted by molar-refractivity contribution is -0.120. The van der Waals surface area contributed by atoms with Crippen molar-refractivity contribution in [1.29, 1.82) is 0 Å². The summed E-state index contributed by atoms with van der Waals surface area (Å²) >= 11 is 0. The lowest BCUT2D eigenvalue weighted by atomic mass is 10.1. The zero-order chi connectivity index (χ0) is 37.4. The van der Waals surface area contributed by atoms with Crippen LogP contribution in [0.1, 0.15) is 115 Å². The van der Waals surface area contributed by atoms with Crippen molar-refractivity contribution in [3.63, 3.8) is 0 Å². The number of benzene rings is 2. The molecule has 0 radical (unpaired) electrons. The molecule has 0 aliphatic rings. The standard InChI is InChI=1S/C37H52N6O7/c1-11-18-42(34(47)49-36(5,6)7)23(3)31-40-28-17-16-26(21-29(28)41-31)33(46)38-22-30(44)25-14-13-15-27(20-25)39-32(45)24(4)43(19-12-2)35(48)50-37(8,9)10/h13-17,20-21,23-24H,11-12,18-19,22H2,1-10H3,(H,38,46)(H,39,45)(H,40,41). The van der Waals surface area contributed by atoms with Gasteiger partial charge < -0.3 is 25.1 Å². The highest BCUT2D eigenvalue weighted by Gasteiger charge is 2.30. The van der Waals surface area contributed by atoms with Crippen LogP contribution in [0.3, 0.4) is 0 Å². The first kappa shape index (κ1) is 39.5. The molecule has 3 aromatic rings. The second-order valence-electron chi connectivity index (χ2n) is 14.2. The molecule has 4 amide bonds. The Morgan fingerprint density at radius 2 is 1.42 bits per heavy atom. The molecule has 0 bridgehead atoms. The van der Waals surface area contributed by atoms with Crippen LogP contribution >= 0.6 is 0 Å². The Morgan fingerprint density at radius 1 is 0.820 bits per heavy atom. The Balaban J connectivity index is 1.66. The molecule has 272 valence electrons. The van der Waals surface area contributed by atoms with Crippen LogP contribution < -0.4 is 10.6 Å². The number of Topliss-reactive ketones (excluding diaryl/α,β-unsaturated/α-hetero) is 1. The molecule has 2 atom stereocenters. The topological polar surface area (TPSA) is 163 Å². The number of aromatic nitrogens is 2. The van der Waals surface area contributed by atoms with E-state index in [-0.39, 0.29) is 17.9 Å². The number of carbonyl (C=O) groups excluding carboxylic acids is 5. The van der Waals surface area contributed by atoms with E-state index in [1.807, 2.05) is 41.5 Å². The number of ketones is 1. The number of nitrogens with zero attached hydrogens (tertiary/aromatic N) is 3. The molecule has 0 aliphatic heterocycles. The highest BCUT2D eigenvalue weighted by molar-refractivity contribution is 6.04. The summed E-state index contributed by atoms with van der Waals surface area (Å²) in [4.78, 5) is 75.7. The average Bonchev–Trinajstić information content (AvgIpc) is 3.46. The number of imidazole rings is 1. The van der Waals surface area contributed by atoms with E-state index in [9.17, 15) is 24.0 Å². The van der Waals surface area contributed by atoms with E-state index in [1.165, 1.54) is 11.0 Å². The second-order valence-corrected chi connectivity index (χ2v) is 14.2. The maximum atomic E-state index is 13.1. The van der Waals surface area contributed by atoms with Gasteiger partial charge in [-0.1, -0.05) is 26.0 Å². The molecule has 2 unspecified atom stereocenters. The number of aromatic amines is 1. The quantitative estimate of drug-likeness (QED) is 0.164. The number of amides is 4. The Hall–Kier alpha value is -4.94. The number of hydrogen-bond donors (Lipinski definition) is 3. The molecule has 1 aromatic heterocycles. The monoisotopic (exact) mass is 692 g/mol. The first-order valence-electron chi connectivity index (χ1n) is 17.0. The molecule has 0 saturated heterocycles. The van der Waals surface area contributed by atoms with E-state index >= 15 is 0 Å². The summed E-state index contributed by atoms with van der Waals surface area (Å²) < 4.78 is 11.1. The molecule has 0 spiro atoms. The highest BCUT2D eigenvalue weighted by Crippen LogP contribution is 2.24. The first-order valence-corrected chi connectivity index (χ1v) is 17.0. The number of fused-ring (bicyclic) bond motifs is 1. The molecular weight excluding hydrogens is 640 g/mol. The van der Waals surface area contributed by atoms with Gasteiger partial charge in [0.05, 0.1) is 23.6 Å². The number of ether oxygens (including phenoxy) is 2. The van der Waals surface area contributed by atoms with E-state index < -0.39 is 47.3 Å². The molecule has 0 aliphatic carbocycles. The maximum Gasteiger partial charge on any atom is 0.410 e. The molecule has 13 nitrogen and oxygen atoms in total. The van der Waals surface area contributed by atoms with Gasteiger partial charge in [0, 0.05) is 29.9 Å². The van der Waals surface area contributed by atoms with Crippen LogP contribution in [0.4, 0.5) is 15.3 Å². The van der Waals surface area contributed by atoms with Crippen molar-refractivity contribution >= 4 is 46.5 Å². The van der Waals surface area contributed by atoms with Gasteiger partial charge >= 0.3 is 12.2 Å². The summed E-state index contributed by atoms with van der Waals surface area (Å²) in [6.45, 7) is 18.6. The summed E-state index contributed by atoms with van der Waals surface area (Å²) in [6, 6.07) is 10.1.